The van der Waals surface area contributed by atoms with Crippen molar-refractivity contribution in [2.45, 2.75) is 39.3 Å². The van der Waals surface area contributed by atoms with E-state index in [9.17, 15) is 0 Å². The maximum atomic E-state index is 4.92. The van der Waals surface area contributed by atoms with Gasteiger partial charge in [0, 0.05) is 37.2 Å². The highest BCUT2D eigenvalue weighted by molar-refractivity contribution is 5.62. The van der Waals surface area contributed by atoms with E-state index < -0.39 is 0 Å². The molecule has 0 saturated carbocycles. The van der Waals surface area contributed by atoms with Crippen LogP contribution in [0.1, 0.15) is 41.7 Å². The molecule has 0 bridgehead atoms. The lowest BCUT2D eigenvalue weighted by atomic mass is 10.0. The molecule has 0 N–H and O–H groups in total. The number of aryl methyl sites for hydroxylation is 3. The summed E-state index contributed by atoms with van der Waals surface area (Å²) in [6.07, 6.45) is 8.43. The number of likely N-dealkylation sites (tertiary alicyclic amines) is 1. The molecular formula is C23H26N6. The van der Waals surface area contributed by atoms with Gasteiger partial charge in [0.2, 0.25) is 0 Å². The van der Waals surface area contributed by atoms with Crippen LogP contribution in [-0.2, 0) is 13.6 Å². The number of hydrogen-bond donors (Lipinski definition) is 0. The molecular weight excluding hydrogens is 360 g/mol. The Hall–Kier alpha value is -2.99. The summed E-state index contributed by atoms with van der Waals surface area (Å²) < 4.78 is 4.07. The average Bonchev–Trinajstić information content (AvgIpc) is 3.41. The molecule has 1 unspecified atom stereocenters. The maximum Gasteiger partial charge on any atom is 0.137 e. The first kappa shape index (κ1) is 18.1. The number of pyridine rings is 2. The molecule has 6 nitrogen and oxygen atoms in total. The Balaban J connectivity index is 1.48. The smallest absolute Gasteiger partial charge is 0.137 e. The summed E-state index contributed by atoms with van der Waals surface area (Å²) in [4.78, 5) is 12.2. The number of imidazole rings is 1. The Bertz CT molecular complexity index is 1170. The highest BCUT2D eigenvalue weighted by atomic mass is 15.2. The van der Waals surface area contributed by atoms with E-state index in [1.165, 1.54) is 17.7 Å². The van der Waals surface area contributed by atoms with Crippen LogP contribution in [0.5, 0.6) is 0 Å². The minimum atomic E-state index is 0.332. The molecule has 6 heteroatoms. The van der Waals surface area contributed by atoms with Crippen LogP contribution in [0.3, 0.4) is 0 Å². The van der Waals surface area contributed by atoms with Gasteiger partial charge in [0.15, 0.2) is 0 Å². The van der Waals surface area contributed by atoms with Crippen LogP contribution in [0.2, 0.25) is 0 Å². The van der Waals surface area contributed by atoms with Crippen LogP contribution < -0.4 is 0 Å². The van der Waals surface area contributed by atoms with Crippen LogP contribution in [0.4, 0.5) is 0 Å². The van der Waals surface area contributed by atoms with Crippen LogP contribution in [-0.4, -0.2) is 35.6 Å². The lowest BCUT2D eigenvalue weighted by molar-refractivity contribution is 0.240. The van der Waals surface area contributed by atoms with Gasteiger partial charge in [-0.05, 0) is 63.1 Å². The normalized spacial score (nSPS) is 17.4. The van der Waals surface area contributed by atoms with Gasteiger partial charge in [-0.25, -0.2) is 4.98 Å². The summed E-state index contributed by atoms with van der Waals surface area (Å²) >= 11 is 0. The van der Waals surface area contributed by atoms with Gasteiger partial charge in [-0.2, -0.15) is 5.10 Å². The molecule has 0 aliphatic carbocycles. The van der Waals surface area contributed by atoms with Crippen molar-refractivity contribution in [2.75, 3.05) is 6.54 Å². The fraction of sp³-hybridized carbons (Fsp3) is 0.348. The molecule has 5 rings (SSSR count). The van der Waals surface area contributed by atoms with Crippen molar-refractivity contribution in [3.8, 4) is 11.1 Å². The number of aromatic nitrogens is 5. The zero-order valence-electron chi connectivity index (χ0n) is 17.2. The van der Waals surface area contributed by atoms with Gasteiger partial charge in [-0.15, -0.1) is 0 Å². The monoisotopic (exact) mass is 386 g/mol. The van der Waals surface area contributed by atoms with Gasteiger partial charge in [-0.3, -0.25) is 14.6 Å². The lowest BCUT2D eigenvalue weighted by Crippen LogP contribution is -2.24. The molecule has 1 saturated heterocycles. The molecule has 5 heterocycles. The van der Waals surface area contributed by atoms with Crippen LogP contribution in [0, 0.1) is 13.8 Å². The molecule has 1 fully saturated rings. The molecule has 29 heavy (non-hydrogen) atoms. The van der Waals surface area contributed by atoms with Crippen molar-refractivity contribution in [2.24, 2.45) is 7.05 Å². The number of rotatable bonds is 4. The number of nitrogens with zero attached hydrogens (tertiary/aromatic N) is 6. The van der Waals surface area contributed by atoms with Crippen molar-refractivity contribution < 1.29 is 0 Å². The maximum absolute atomic E-state index is 4.92. The van der Waals surface area contributed by atoms with Gasteiger partial charge in [0.25, 0.3) is 0 Å². The third kappa shape index (κ3) is 3.34. The van der Waals surface area contributed by atoms with E-state index in [1.807, 2.05) is 24.0 Å². The summed E-state index contributed by atoms with van der Waals surface area (Å²) in [7, 11) is 1.95. The molecule has 0 spiro atoms. The minimum Gasteiger partial charge on any atom is -0.302 e. The summed E-state index contributed by atoms with van der Waals surface area (Å²) in [6.45, 7) is 6.16. The van der Waals surface area contributed by atoms with E-state index >= 15 is 0 Å². The first-order chi connectivity index (χ1) is 14.1. The fourth-order valence-corrected chi connectivity index (χ4v) is 4.50. The second kappa shape index (κ2) is 7.12. The highest BCUT2D eigenvalue weighted by Crippen LogP contribution is 2.34. The first-order valence-electron chi connectivity index (χ1n) is 10.2. The second-order valence-electron chi connectivity index (χ2n) is 8.03. The molecule has 1 atom stereocenters. The number of fused-ring (bicyclic) bond motifs is 1. The van der Waals surface area contributed by atoms with Crippen LogP contribution >= 0.6 is 0 Å². The highest BCUT2D eigenvalue weighted by Gasteiger charge is 2.29. The zero-order valence-corrected chi connectivity index (χ0v) is 17.2. The summed E-state index contributed by atoms with van der Waals surface area (Å²) in [5.41, 5.74) is 7.94. The van der Waals surface area contributed by atoms with E-state index in [4.69, 9.17) is 9.97 Å². The molecule has 0 aromatic carbocycles. The lowest BCUT2D eigenvalue weighted by Gasteiger charge is -2.25. The van der Waals surface area contributed by atoms with Crippen molar-refractivity contribution in [3.63, 3.8) is 0 Å². The van der Waals surface area contributed by atoms with Crippen LogP contribution in [0.25, 0.3) is 16.8 Å². The molecule has 1 aliphatic rings. The van der Waals surface area contributed by atoms with Gasteiger partial charge in [0.1, 0.15) is 5.65 Å². The predicted octanol–water partition coefficient (Wildman–Crippen LogP) is 4.08. The largest absolute Gasteiger partial charge is 0.302 e. The van der Waals surface area contributed by atoms with Gasteiger partial charge < -0.3 is 4.40 Å². The molecule has 4 aromatic rings. The van der Waals surface area contributed by atoms with Crippen LogP contribution in [0.15, 0.2) is 48.9 Å². The van der Waals surface area contributed by atoms with Crippen molar-refractivity contribution in [1.82, 2.24) is 29.0 Å². The van der Waals surface area contributed by atoms with E-state index in [2.05, 4.69) is 64.9 Å². The summed E-state index contributed by atoms with van der Waals surface area (Å²) in [5, 5.41) is 4.33. The molecule has 4 aromatic heterocycles. The van der Waals surface area contributed by atoms with Crippen molar-refractivity contribution in [1.29, 1.82) is 0 Å². The predicted molar refractivity (Wildman–Crippen MR) is 113 cm³/mol. The summed E-state index contributed by atoms with van der Waals surface area (Å²) in [5.74, 6) is 0. The van der Waals surface area contributed by atoms with Gasteiger partial charge in [-0.1, -0.05) is 6.07 Å². The Kier molecular flexibility index (Phi) is 4.43. The number of hydrogen-bond acceptors (Lipinski definition) is 4. The third-order valence-electron chi connectivity index (χ3n) is 5.90. The molecule has 1 aliphatic heterocycles. The van der Waals surface area contributed by atoms with Crippen molar-refractivity contribution in [3.05, 3.63) is 71.7 Å². The van der Waals surface area contributed by atoms with Gasteiger partial charge >= 0.3 is 0 Å². The standard InChI is InChI=1S/C23H26N6/c1-16-11-18(19-13-24-27(3)14-19)12-20(25-16)21-7-6-9-28(21)15-22-17(2)26-23-8-4-5-10-29(22)23/h4-5,8,10-14,21H,6-7,9,15H2,1-3H3. The average molecular weight is 387 g/mol. The minimum absolute atomic E-state index is 0.332. The Labute approximate surface area is 170 Å². The van der Waals surface area contributed by atoms with E-state index in [0.717, 1.165) is 47.8 Å². The van der Waals surface area contributed by atoms with E-state index in [1.54, 1.807) is 0 Å². The zero-order chi connectivity index (χ0) is 20.0. The van der Waals surface area contributed by atoms with Gasteiger partial charge in [0.05, 0.1) is 29.3 Å². The second-order valence-corrected chi connectivity index (χ2v) is 8.03. The van der Waals surface area contributed by atoms with Crippen molar-refractivity contribution >= 4 is 5.65 Å². The van der Waals surface area contributed by atoms with E-state index in [-0.39, 0.29) is 0 Å². The Morgan fingerprint density at radius 1 is 1.10 bits per heavy atom. The summed E-state index contributed by atoms with van der Waals surface area (Å²) in [6, 6.07) is 10.9. The SMILES string of the molecule is Cc1cc(-c2cnn(C)c2)cc(C2CCCN2Cc2c(C)nc3ccccn23)n1. The topological polar surface area (TPSA) is 51.2 Å². The molecule has 0 radical (unpaired) electrons. The molecule has 148 valence electrons. The molecule has 0 amide bonds. The van der Waals surface area contributed by atoms with E-state index in [0.29, 0.717) is 6.04 Å². The first-order valence-corrected chi connectivity index (χ1v) is 10.2. The third-order valence-corrected chi connectivity index (χ3v) is 5.90. The quantitative estimate of drug-likeness (QED) is 0.530. The Morgan fingerprint density at radius 2 is 2.00 bits per heavy atom. The fourth-order valence-electron chi connectivity index (χ4n) is 4.50. The Morgan fingerprint density at radius 3 is 2.83 bits per heavy atom.